The normalized spacial score (nSPS) is 12.4. The van der Waals surface area contributed by atoms with Gasteiger partial charge in [-0.25, -0.2) is 12.7 Å². The second-order valence-electron chi connectivity index (χ2n) is 5.31. The summed E-state index contributed by atoms with van der Waals surface area (Å²) in [5.41, 5.74) is 1.76. The number of hydrogen-bond acceptors (Lipinski definition) is 3. The van der Waals surface area contributed by atoms with Crippen molar-refractivity contribution in [3.63, 3.8) is 0 Å². The molecule has 1 aromatic rings. The second kappa shape index (κ2) is 6.50. The van der Waals surface area contributed by atoms with Gasteiger partial charge in [0.2, 0.25) is 10.0 Å². The molecule has 0 aliphatic carbocycles. The molecule has 0 spiro atoms. The first kappa shape index (κ1) is 16.1. The van der Waals surface area contributed by atoms with Crippen molar-refractivity contribution in [3.05, 3.63) is 29.3 Å². The van der Waals surface area contributed by atoms with Crippen LogP contribution in [0.5, 0.6) is 0 Å². The Balaban J connectivity index is 3.16. The smallest absolute Gasteiger partial charge is 0.243 e. The Morgan fingerprint density at radius 2 is 1.95 bits per heavy atom. The molecule has 0 aliphatic heterocycles. The Bertz CT molecular complexity index is 524. The van der Waals surface area contributed by atoms with Crippen LogP contribution in [0.1, 0.15) is 25.0 Å². The van der Waals surface area contributed by atoms with E-state index in [-0.39, 0.29) is 0 Å². The van der Waals surface area contributed by atoms with Crippen LogP contribution in [0.15, 0.2) is 23.1 Å². The van der Waals surface area contributed by atoms with Gasteiger partial charge in [0.05, 0.1) is 4.90 Å². The molecule has 0 aliphatic rings. The predicted molar refractivity (Wildman–Crippen MR) is 78.6 cm³/mol. The number of aryl methyl sites for hydroxylation is 1. The molecule has 19 heavy (non-hydrogen) atoms. The first-order valence-corrected chi connectivity index (χ1v) is 7.93. The highest BCUT2D eigenvalue weighted by molar-refractivity contribution is 7.89. The molecular formula is C14H24N2O2S. The molecule has 0 aromatic heterocycles. The second-order valence-corrected chi connectivity index (χ2v) is 7.32. The fourth-order valence-corrected chi connectivity index (χ4v) is 3.62. The highest BCUT2D eigenvalue weighted by Crippen LogP contribution is 2.21. The van der Waals surface area contributed by atoms with Crippen LogP contribution < -0.4 is 5.32 Å². The molecular weight excluding hydrogens is 260 g/mol. The van der Waals surface area contributed by atoms with Crippen molar-refractivity contribution >= 4 is 10.0 Å². The molecule has 0 radical (unpaired) electrons. The summed E-state index contributed by atoms with van der Waals surface area (Å²) < 4.78 is 26.5. The van der Waals surface area contributed by atoms with Crippen LogP contribution in [0.25, 0.3) is 0 Å². The van der Waals surface area contributed by atoms with Crippen LogP contribution in [0, 0.1) is 12.8 Å². The monoisotopic (exact) mass is 284 g/mol. The number of benzene rings is 1. The lowest BCUT2D eigenvalue weighted by molar-refractivity contribution is 0.417. The molecule has 108 valence electrons. The molecule has 0 saturated heterocycles. The predicted octanol–water partition coefficient (Wildman–Crippen LogP) is 1.99. The van der Waals surface area contributed by atoms with Crippen LogP contribution in [0.2, 0.25) is 0 Å². The topological polar surface area (TPSA) is 49.4 Å². The molecule has 0 saturated carbocycles. The summed E-state index contributed by atoms with van der Waals surface area (Å²) in [6.45, 7) is 7.04. The zero-order valence-corrected chi connectivity index (χ0v) is 13.2. The average molecular weight is 284 g/mol. The summed E-state index contributed by atoms with van der Waals surface area (Å²) in [6.07, 6.45) is 0. The van der Waals surface area contributed by atoms with Gasteiger partial charge in [-0.05, 0) is 37.1 Å². The standard InChI is InChI=1S/C14H24N2O2S/c1-11(2)10-16(5)19(17,18)14-8-13(9-15-4)7-6-12(14)3/h6-8,11,15H,9-10H2,1-5H3. The highest BCUT2D eigenvalue weighted by atomic mass is 32.2. The third-order valence-electron chi connectivity index (χ3n) is 2.94. The Kier molecular flexibility index (Phi) is 5.52. The van der Waals surface area contributed by atoms with Crippen molar-refractivity contribution in [2.45, 2.75) is 32.2 Å². The lowest BCUT2D eigenvalue weighted by Crippen LogP contribution is -2.31. The maximum Gasteiger partial charge on any atom is 0.243 e. The van der Waals surface area contributed by atoms with E-state index >= 15 is 0 Å². The summed E-state index contributed by atoms with van der Waals surface area (Å²) in [5.74, 6) is 0.306. The first-order chi connectivity index (χ1) is 8.78. The summed E-state index contributed by atoms with van der Waals surface area (Å²) in [6, 6.07) is 5.58. The van der Waals surface area contributed by atoms with E-state index in [0.717, 1.165) is 11.1 Å². The van der Waals surface area contributed by atoms with Crippen molar-refractivity contribution < 1.29 is 8.42 Å². The van der Waals surface area contributed by atoms with E-state index in [1.165, 1.54) is 4.31 Å². The van der Waals surface area contributed by atoms with E-state index in [2.05, 4.69) is 5.32 Å². The van der Waals surface area contributed by atoms with Crippen LogP contribution in [0.3, 0.4) is 0 Å². The minimum absolute atomic E-state index is 0.306. The zero-order valence-electron chi connectivity index (χ0n) is 12.4. The maximum absolute atomic E-state index is 12.6. The molecule has 5 heteroatoms. The van der Waals surface area contributed by atoms with E-state index in [0.29, 0.717) is 23.9 Å². The van der Waals surface area contributed by atoms with E-state index in [9.17, 15) is 8.42 Å². The van der Waals surface area contributed by atoms with Crippen LogP contribution >= 0.6 is 0 Å². The van der Waals surface area contributed by atoms with Gasteiger partial charge in [0, 0.05) is 20.1 Å². The Morgan fingerprint density at radius 1 is 1.32 bits per heavy atom. The third kappa shape index (κ3) is 4.03. The van der Waals surface area contributed by atoms with E-state index in [4.69, 9.17) is 0 Å². The van der Waals surface area contributed by atoms with Crippen LogP contribution in [-0.2, 0) is 16.6 Å². The average Bonchev–Trinajstić information content (AvgIpc) is 2.30. The highest BCUT2D eigenvalue weighted by Gasteiger charge is 2.23. The number of hydrogen-bond donors (Lipinski definition) is 1. The minimum Gasteiger partial charge on any atom is -0.316 e. The molecule has 0 fully saturated rings. The molecule has 0 amide bonds. The van der Waals surface area contributed by atoms with Gasteiger partial charge in [-0.15, -0.1) is 0 Å². The van der Waals surface area contributed by atoms with Crippen molar-refractivity contribution in [3.8, 4) is 0 Å². The van der Waals surface area contributed by atoms with Gasteiger partial charge in [-0.2, -0.15) is 0 Å². The molecule has 1 rings (SSSR count). The van der Waals surface area contributed by atoms with Crippen molar-refractivity contribution in [2.75, 3.05) is 20.6 Å². The van der Waals surface area contributed by atoms with E-state index in [1.807, 2.05) is 40.0 Å². The SMILES string of the molecule is CNCc1ccc(C)c(S(=O)(=O)N(C)CC(C)C)c1. The number of nitrogens with one attached hydrogen (secondary N) is 1. The fourth-order valence-electron chi connectivity index (χ4n) is 2.02. The summed E-state index contributed by atoms with van der Waals surface area (Å²) in [4.78, 5) is 0.406. The largest absolute Gasteiger partial charge is 0.316 e. The minimum atomic E-state index is -3.40. The fraction of sp³-hybridized carbons (Fsp3) is 0.571. The van der Waals surface area contributed by atoms with Gasteiger partial charge in [0.1, 0.15) is 0 Å². The Hall–Kier alpha value is -0.910. The first-order valence-electron chi connectivity index (χ1n) is 6.49. The summed E-state index contributed by atoms with van der Waals surface area (Å²) >= 11 is 0. The number of nitrogens with zero attached hydrogens (tertiary/aromatic N) is 1. The molecule has 1 N–H and O–H groups in total. The Labute approximate surface area is 116 Å². The maximum atomic E-state index is 12.6. The molecule has 0 unspecified atom stereocenters. The van der Waals surface area contributed by atoms with Crippen molar-refractivity contribution in [2.24, 2.45) is 5.92 Å². The number of rotatable bonds is 6. The van der Waals surface area contributed by atoms with Gasteiger partial charge >= 0.3 is 0 Å². The Morgan fingerprint density at radius 3 is 2.47 bits per heavy atom. The van der Waals surface area contributed by atoms with E-state index in [1.54, 1.807) is 13.1 Å². The molecule has 0 atom stereocenters. The molecule has 0 bridgehead atoms. The van der Waals surface area contributed by atoms with Gasteiger partial charge in [0.15, 0.2) is 0 Å². The van der Waals surface area contributed by atoms with E-state index < -0.39 is 10.0 Å². The summed E-state index contributed by atoms with van der Waals surface area (Å²) in [7, 11) is 0.0846. The third-order valence-corrected chi connectivity index (χ3v) is 4.91. The van der Waals surface area contributed by atoms with Crippen LogP contribution in [0.4, 0.5) is 0 Å². The zero-order chi connectivity index (χ0) is 14.6. The molecule has 0 heterocycles. The quantitative estimate of drug-likeness (QED) is 0.869. The van der Waals surface area contributed by atoms with Crippen molar-refractivity contribution in [1.82, 2.24) is 9.62 Å². The number of sulfonamides is 1. The van der Waals surface area contributed by atoms with Gasteiger partial charge < -0.3 is 5.32 Å². The lowest BCUT2D eigenvalue weighted by atomic mass is 10.1. The lowest BCUT2D eigenvalue weighted by Gasteiger charge is -2.20. The molecule has 1 aromatic carbocycles. The van der Waals surface area contributed by atoms with Crippen molar-refractivity contribution in [1.29, 1.82) is 0 Å². The molecule has 4 nitrogen and oxygen atoms in total. The summed E-state index contributed by atoms with van der Waals surface area (Å²) in [5, 5.41) is 3.04. The van der Waals surface area contributed by atoms with Gasteiger partial charge in [-0.1, -0.05) is 26.0 Å². The van der Waals surface area contributed by atoms with Crippen LogP contribution in [-0.4, -0.2) is 33.4 Å². The van der Waals surface area contributed by atoms with Gasteiger partial charge in [0.25, 0.3) is 0 Å². The van der Waals surface area contributed by atoms with Gasteiger partial charge in [-0.3, -0.25) is 0 Å².